The summed E-state index contributed by atoms with van der Waals surface area (Å²) in [6, 6.07) is 9.55. The van der Waals surface area contributed by atoms with Gasteiger partial charge in [0.05, 0.1) is 0 Å². The molecule has 19 heavy (non-hydrogen) atoms. The summed E-state index contributed by atoms with van der Waals surface area (Å²) in [5, 5.41) is 4.15. The third-order valence-electron chi connectivity index (χ3n) is 3.70. The predicted octanol–water partition coefficient (Wildman–Crippen LogP) is 2.11. The molecule has 0 aliphatic carbocycles. The maximum Gasteiger partial charge on any atom is 0.289 e. The van der Waals surface area contributed by atoms with Gasteiger partial charge in [-0.05, 0) is 38.1 Å². The number of hydrogen-bond donors (Lipinski definition) is 1. The fourth-order valence-corrected chi connectivity index (χ4v) is 2.72. The van der Waals surface area contributed by atoms with Crippen LogP contribution in [0.1, 0.15) is 17.0 Å². The van der Waals surface area contributed by atoms with E-state index in [-0.39, 0.29) is 5.91 Å². The van der Waals surface area contributed by atoms with E-state index in [1.807, 2.05) is 42.3 Å². The van der Waals surface area contributed by atoms with Crippen LogP contribution in [0.25, 0.3) is 11.0 Å². The summed E-state index contributed by atoms with van der Waals surface area (Å²) in [5.74, 6) is 1.01. The first-order chi connectivity index (χ1) is 9.28. The predicted molar refractivity (Wildman–Crippen MR) is 74.2 cm³/mol. The minimum absolute atomic E-state index is 0.00908. The van der Waals surface area contributed by atoms with Gasteiger partial charge in [0.2, 0.25) is 0 Å². The molecular weight excluding hydrogens is 240 g/mol. The van der Waals surface area contributed by atoms with Crippen molar-refractivity contribution in [3.63, 3.8) is 0 Å². The summed E-state index contributed by atoms with van der Waals surface area (Å²) in [7, 11) is 1.95. The number of benzene rings is 1. The molecule has 1 aliphatic rings. The Bertz CT molecular complexity index is 558. The number of fused-ring (bicyclic) bond motifs is 1. The Hall–Kier alpha value is -1.81. The minimum Gasteiger partial charge on any atom is -0.451 e. The van der Waals surface area contributed by atoms with Crippen LogP contribution in [-0.4, -0.2) is 37.5 Å². The van der Waals surface area contributed by atoms with Crippen molar-refractivity contribution in [3.8, 4) is 0 Å². The van der Waals surface area contributed by atoms with Crippen molar-refractivity contribution in [1.29, 1.82) is 0 Å². The van der Waals surface area contributed by atoms with Gasteiger partial charge < -0.3 is 14.6 Å². The van der Waals surface area contributed by atoms with Crippen LogP contribution in [-0.2, 0) is 0 Å². The lowest BCUT2D eigenvalue weighted by molar-refractivity contribution is 0.0758. The molecule has 0 saturated carbocycles. The van der Waals surface area contributed by atoms with Crippen LogP contribution in [0.4, 0.5) is 0 Å². The molecule has 1 amide bonds. The topological polar surface area (TPSA) is 45.5 Å². The molecule has 0 spiro atoms. The molecule has 1 atom stereocenters. The van der Waals surface area contributed by atoms with E-state index < -0.39 is 0 Å². The second-order valence-electron chi connectivity index (χ2n) is 5.11. The molecule has 0 bridgehead atoms. The molecule has 4 nitrogen and oxygen atoms in total. The van der Waals surface area contributed by atoms with Crippen molar-refractivity contribution in [3.05, 3.63) is 36.1 Å². The van der Waals surface area contributed by atoms with Crippen molar-refractivity contribution in [2.75, 3.05) is 26.7 Å². The maximum absolute atomic E-state index is 12.4. The monoisotopic (exact) mass is 258 g/mol. The first kappa shape index (κ1) is 12.2. The molecule has 0 radical (unpaired) electrons. The molecular formula is C15H18N2O2. The zero-order valence-corrected chi connectivity index (χ0v) is 11.1. The van der Waals surface area contributed by atoms with E-state index in [4.69, 9.17) is 4.42 Å². The Balaban J connectivity index is 1.77. The molecule has 2 aromatic rings. The van der Waals surface area contributed by atoms with Crippen LogP contribution in [0, 0.1) is 5.92 Å². The maximum atomic E-state index is 12.4. The Morgan fingerprint density at radius 3 is 3.11 bits per heavy atom. The number of amides is 1. The lowest BCUT2D eigenvalue weighted by Crippen LogP contribution is -2.30. The van der Waals surface area contributed by atoms with Crippen LogP contribution in [0.2, 0.25) is 0 Å². The van der Waals surface area contributed by atoms with Crippen molar-refractivity contribution in [2.45, 2.75) is 6.42 Å². The summed E-state index contributed by atoms with van der Waals surface area (Å²) in [4.78, 5) is 14.3. The van der Waals surface area contributed by atoms with Gasteiger partial charge in [0.15, 0.2) is 5.76 Å². The van der Waals surface area contributed by atoms with Gasteiger partial charge in [-0.3, -0.25) is 4.79 Å². The number of nitrogens with one attached hydrogen (secondary N) is 1. The molecule has 1 saturated heterocycles. The lowest BCUT2D eigenvalue weighted by Gasteiger charge is -2.14. The standard InChI is InChI=1S/C15H18N2O2/c1-16-9-11-6-7-17(10-11)15(18)14-8-12-4-2-3-5-13(12)19-14/h2-5,8,11,16H,6-7,9-10H2,1H3. The molecule has 1 N–H and O–H groups in total. The largest absolute Gasteiger partial charge is 0.451 e. The quantitative estimate of drug-likeness (QED) is 0.917. The van der Waals surface area contributed by atoms with Gasteiger partial charge in [-0.25, -0.2) is 0 Å². The van der Waals surface area contributed by atoms with E-state index in [0.717, 1.165) is 37.0 Å². The van der Waals surface area contributed by atoms with Crippen LogP contribution in [0.5, 0.6) is 0 Å². The van der Waals surface area contributed by atoms with Crippen molar-refractivity contribution in [1.82, 2.24) is 10.2 Å². The second kappa shape index (κ2) is 5.05. The average Bonchev–Trinajstić information content (AvgIpc) is 3.04. The molecule has 1 aliphatic heterocycles. The summed E-state index contributed by atoms with van der Waals surface area (Å²) in [6.45, 7) is 2.60. The zero-order chi connectivity index (χ0) is 13.2. The van der Waals surface area contributed by atoms with E-state index in [2.05, 4.69) is 5.32 Å². The summed E-state index contributed by atoms with van der Waals surface area (Å²) < 4.78 is 5.63. The van der Waals surface area contributed by atoms with Crippen LogP contribution >= 0.6 is 0 Å². The first-order valence-electron chi connectivity index (χ1n) is 6.70. The van der Waals surface area contributed by atoms with E-state index in [1.54, 1.807) is 0 Å². The van der Waals surface area contributed by atoms with Gasteiger partial charge in [-0.2, -0.15) is 0 Å². The van der Waals surface area contributed by atoms with Crippen molar-refractivity contribution < 1.29 is 9.21 Å². The van der Waals surface area contributed by atoms with Gasteiger partial charge in [-0.1, -0.05) is 18.2 Å². The summed E-state index contributed by atoms with van der Waals surface area (Å²) in [6.07, 6.45) is 1.06. The fraction of sp³-hybridized carbons (Fsp3) is 0.400. The van der Waals surface area contributed by atoms with Gasteiger partial charge in [0.1, 0.15) is 5.58 Å². The molecule has 4 heteroatoms. The Morgan fingerprint density at radius 2 is 2.32 bits per heavy atom. The molecule has 3 rings (SSSR count). The third kappa shape index (κ3) is 2.36. The van der Waals surface area contributed by atoms with Gasteiger partial charge in [0.25, 0.3) is 5.91 Å². The minimum atomic E-state index is 0.00908. The van der Waals surface area contributed by atoms with Gasteiger partial charge in [0, 0.05) is 18.5 Å². The SMILES string of the molecule is CNCC1CCN(C(=O)c2cc3ccccc3o2)C1. The van der Waals surface area contributed by atoms with Gasteiger partial charge >= 0.3 is 0 Å². The highest BCUT2D eigenvalue weighted by atomic mass is 16.3. The molecule has 1 aromatic heterocycles. The normalized spacial score (nSPS) is 19.2. The van der Waals surface area contributed by atoms with Gasteiger partial charge in [-0.15, -0.1) is 0 Å². The lowest BCUT2D eigenvalue weighted by atomic mass is 10.1. The highest BCUT2D eigenvalue weighted by Crippen LogP contribution is 2.23. The molecule has 100 valence electrons. The average molecular weight is 258 g/mol. The Kier molecular flexibility index (Phi) is 3.25. The third-order valence-corrected chi connectivity index (χ3v) is 3.70. The highest BCUT2D eigenvalue weighted by Gasteiger charge is 2.28. The van der Waals surface area contributed by atoms with E-state index in [0.29, 0.717) is 11.7 Å². The van der Waals surface area contributed by atoms with Crippen LogP contribution in [0.3, 0.4) is 0 Å². The van der Waals surface area contributed by atoms with Crippen LogP contribution < -0.4 is 5.32 Å². The molecule has 1 fully saturated rings. The summed E-state index contributed by atoms with van der Waals surface area (Å²) in [5.41, 5.74) is 0.775. The van der Waals surface area contributed by atoms with Crippen LogP contribution in [0.15, 0.2) is 34.7 Å². The Labute approximate surface area is 112 Å². The molecule has 1 unspecified atom stereocenters. The number of para-hydroxylation sites is 1. The number of likely N-dealkylation sites (tertiary alicyclic amines) is 1. The highest BCUT2D eigenvalue weighted by molar-refractivity contribution is 5.96. The number of rotatable bonds is 3. The van der Waals surface area contributed by atoms with Crippen molar-refractivity contribution >= 4 is 16.9 Å². The number of carbonyl (C=O) groups excluding carboxylic acids is 1. The van der Waals surface area contributed by atoms with E-state index >= 15 is 0 Å². The first-order valence-corrected chi connectivity index (χ1v) is 6.70. The Morgan fingerprint density at radius 1 is 1.47 bits per heavy atom. The van der Waals surface area contributed by atoms with Crippen molar-refractivity contribution in [2.24, 2.45) is 5.92 Å². The molecule has 2 heterocycles. The smallest absolute Gasteiger partial charge is 0.289 e. The van der Waals surface area contributed by atoms with E-state index in [1.165, 1.54) is 0 Å². The van der Waals surface area contributed by atoms with E-state index in [9.17, 15) is 4.79 Å². The number of carbonyl (C=O) groups is 1. The number of furan rings is 1. The fourth-order valence-electron chi connectivity index (χ4n) is 2.72. The molecule has 1 aromatic carbocycles. The number of nitrogens with zero attached hydrogens (tertiary/aromatic N) is 1. The number of hydrogen-bond acceptors (Lipinski definition) is 3. The second-order valence-corrected chi connectivity index (χ2v) is 5.11. The zero-order valence-electron chi connectivity index (χ0n) is 11.1. The summed E-state index contributed by atoms with van der Waals surface area (Å²) >= 11 is 0.